The molecule has 1 aromatic carbocycles. The highest BCUT2D eigenvalue weighted by molar-refractivity contribution is 5.39. The topological polar surface area (TPSA) is 30.9 Å². The molecule has 4 heteroatoms. The predicted octanol–water partition coefficient (Wildman–Crippen LogP) is 2.96. The number of nitrogens with zero attached hydrogens (tertiary/aromatic N) is 1. The largest absolute Gasteiger partial charge is 0.490 e. The van der Waals surface area contributed by atoms with Gasteiger partial charge in [0.05, 0.1) is 18.8 Å². The Morgan fingerprint density at radius 3 is 2.19 bits per heavy atom. The number of benzene rings is 1. The Hall–Kier alpha value is -1.26. The highest BCUT2D eigenvalue weighted by Crippen LogP contribution is 2.26. The van der Waals surface area contributed by atoms with E-state index in [2.05, 4.69) is 25.7 Å². The van der Waals surface area contributed by atoms with E-state index in [1.165, 1.54) is 0 Å². The molecule has 0 aliphatic carbocycles. The predicted molar refractivity (Wildman–Crippen MR) is 84.2 cm³/mol. The van der Waals surface area contributed by atoms with Crippen molar-refractivity contribution in [3.05, 3.63) is 24.3 Å². The van der Waals surface area contributed by atoms with Gasteiger partial charge in [0, 0.05) is 19.6 Å². The van der Waals surface area contributed by atoms with E-state index in [1.54, 1.807) is 0 Å². The maximum absolute atomic E-state index is 5.90. The van der Waals surface area contributed by atoms with Crippen LogP contribution in [0.4, 0.5) is 0 Å². The first-order chi connectivity index (χ1) is 10.2. The average Bonchev–Trinajstić information content (AvgIpc) is 2.45. The summed E-state index contributed by atoms with van der Waals surface area (Å²) in [6.07, 6.45) is 1.60. The van der Waals surface area contributed by atoms with Gasteiger partial charge in [0.15, 0.2) is 11.5 Å². The highest BCUT2D eigenvalue weighted by atomic mass is 16.5. The van der Waals surface area contributed by atoms with Crippen LogP contribution in [0.25, 0.3) is 0 Å². The third-order valence-corrected chi connectivity index (χ3v) is 3.47. The first-order valence-corrected chi connectivity index (χ1v) is 7.91. The molecule has 2 rings (SSSR count). The number of para-hydroxylation sites is 2. The zero-order valence-corrected chi connectivity index (χ0v) is 13.4. The number of hydrogen-bond donors (Lipinski definition) is 0. The van der Waals surface area contributed by atoms with Crippen LogP contribution in [0, 0.1) is 0 Å². The molecule has 2 atom stereocenters. The summed E-state index contributed by atoms with van der Waals surface area (Å²) in [7, 11) is 0. The summed E-state index contributed by atoms with van der Waals surface area (Å²) < 4.78 is 17.3. The first-order valence-electron chi connectivity index (χ1n) is 7.91. The Morgan fingerprint density at radius 2 is 1.62 bits per heavy atom. The lowest BCUT2D eigenvalue weighted by atomic mass is 10.2. The Balaban J connectivity index is 1.80. The summed E-state index contributed by atoms with van der Waals surface area (Å²) in [5.74, 6) is 1.67. The van der Waals surface area contributed by atoms with Crippen LogP contribution in [0.5, 0.6) is 11.5 Å². The van der Waals surface area contributed by atoms with E-state index in [1.807, 2.05) is 24.3 Å². The van der Waals surface area contributed by atoms with E-state index in [4.69, 9.17) is 14.2 Å². The van der Waals surface area contributed by atoms with Crippen LogP contribution in [-0.4, -0.2) is 50.0 Å². The molecule has 1 saturated heterocycles. The fraction of sp³-hybridized carbons (Fsp3) is 0.647. The molecule has 1 aromatic rings. The molecule has 0 bridgehead atoms. The van der Waals surface area contributed by atoms with Gasteiger partial charge in [0.25, 0.3) is 0 Å². The van der Waals surface area contributed by atoms with Gasteiger partial charge in [-0.25, -0.2) is 0 Å². The van der Waals surface area contributed by atoms with Gasteiger partial charge in [-0.15, -0.1) is 0 Å². The molecule has 1 aliphatic rings. The molecule has 118 valence electrons. The van der Waals surface area contributed by atoms with Crippen LogP contribution in [0.1, 0.15) is 27.2 Å². The van der Waals surface area contributed by atoms with Crippen LogP contribution < -0.4 is 9.47 Å². The molecule has 0 unspecified atom stereocenters. The number of hydrogen-bond acceptors (Lipinski definition) is 4. The molecular weight excluding hydrogens is 266 g/mol. The smallest absolute Gasteiger partial charge is 0.161 e. The highest BCUT2D eigenvalue weighted by Gasteiger charge is 2.21. The van der Waals surface area contributed by atoms with Gasteiger partial charge in [0.1, 0.15) is 6.61 Å². The van der Waals surface area contributed by atoms with E-state index >= 15 is 0 Å². The third kappa shape index (κ3) is 5.21. The molecule has 21 heavy (non-hydrogen) atoms. The van der Waals surface area contributed by atoms with Crippen molar-refractivity contribution in [1.82, 2.24) is 4.90 Å². The van der Waals surface area contributed by atoms with Gasteiger partial charge in [-0.3, -0.25) is 4.90 Å². The number of morpholine rings is 1. The van der Waals surface area contributed by atoms with Gasteiger partial charge >= 0.3 is 0 Å². The molecule has 0 spiro atoms. The minimum absolute atomic E-state index is 0.300. The molecule has 0 aromatic heterocycles. The molecule has 4 nitrogen and oxygen atoms in total. The monoisotopic (exact) mass is 293 g/mol. The maximum Gasteiger partial charge on any atom is 0.161 e. The van der Waals surface area contributed by atoms with Crippen LogP contribution in [-0.2, 0) is 4.74 Å². The van der Waals surface area contributed by atoms with Crippen molar-refractivity contribution in [2.24, 2.45) is 0 Å². The maximum atomic E-state index is 5.90. The van der Waals surface area contributed by atoms with Crippen LogP contribution in [0.3, 0.4) is 0 Å². The Labute approximate surface area is 128 Å². The van der Waals surface area contributed by atoms with Crippen molar-refractivity contribution in [3.63, 3.8) is 0 Å². The van der Waals surface area contributed by atoms with Crippen molar-refractivity contribution in [2.75, 3.05) is 32.8 Å². The number of rotatable bonds is 7. The van der Waals surface area contributed by atoms with E-state index in [-0.39, 0.29) is 0 Å². The summed E-state index contributed by atoms with van der Waals surface area (Å²) in [5.41, 5.74) is 0. The summed E-state index contributed by atoms with van der Waals surface area (Å²) in [6.45, 7) is 10.6. The SMILES string of the molecule is CCCOc1ccccc1OCCN1C[C@@H](C)O[C@@H](C)C1. The summed E-state index contributed by atoms with van der Waals surface area (Å²) >= 11 is 0. The zero-order valence-electron chi connectivity index (χ0n) is 13.4. The normalized spacial score (nSPS) is 23.0. The van der Waals surface area contributed by atoms with Crippen molar-refractivity contribution in [2.45, 2.75) is 39.4 Å². The molecule has 0 N–H and O–H groups in total. The minimum Gasteiger partial charge on any atom is -0.490 e. The van der Waals surface area contributed by atoms with E-state index in [0.717, 1.165) is 44.2 Å². The van der Waals surface area contributed by atoms with Gasteiger partial charge in [-0.1, -0.05) is 19.1 Å². The van der Waals surface area contributed by atoms with Gasteiger partial charge in [-0.05, 0) is 32.4 Å². The second kappa shape index (κ2) is 8.25. The van der Waals surface area contributed by atoms with Gasteiger partial charge in [0.2, 0.25) is 0 Å². The molecule has 1 aliphatic heterocycles. The lowest BCUT2D eigenvalue weighted by Gasteiger charge is -2.35. The second-order valence-corrected chi connectivity index (χ2v) is 5.66. The molecular formula is C17H27NO3. The number of ether oxygens (including phenoxy) is 3. The quantitative estimate of drug-likeness (QED) is 0.773. The van der Waals surface area contributed by atoms with Crippen molar-refractivity contribution >= 4 is 0 Å². The fourth-order valence-corrected chi connectivity index (χ4v) is 2.65. The summed E-state index contributed by atoms with van der Waals surface area (Å²) in [5, 5.41) is 0. The summed E-state index contributed by atoms with van der Waals surface area (Å²) in [6, 6.07) is 7.88. The van der Waals surface area contributed by atoms with Crippen molar-refractivity contribution in [1.29, 1.82) is 0 Å². The molecule has 0 saturated carbocycles. The van der Waals surface area contributed by atoms with Gasteiger partial charge in [-0.2, -0.15) is 0 Å². The Bertz CT molecular complexity index is 414. The fourth-order valence-electron chi connectivity index (χ4n) is 2.65. The summed E-state index contributed by atoms with van der Waals surface area (Å²) in [4.78, 5) is 2.40. The van der Waals surface area contributed by atoms with E-state index in [9.17, 15) is 0 Å². The molecule has 1 heterocycles. The standard InChI is InChI=1S/C17H27NO3/c1-4-10-19-16-7-5-6-8-17(16)20-11-9-18-12-14(2)21-15(3)13-18/h5-8,14-15H,4,9-13H2,1-3H3/t14-,15+. The molecule has 0 radical (unpaired) electrons. The third-order valence-electron chi connectivity index (χ3n) is 3.47. The Kier molecular flexibility index (Phi) is 6.33. The van der Waals surface area contributed by atoms with Crippen LogP contribution >= 0.6 is 0 Å². The molecule has 1 fully saturated rings. The van der Waals surface area contributed by atoms with E-state index in [0.29, 0.717) is 18.8 Å². The van der Waals surface area contributed by atoms with Gasteiger partial charge < -0.3 is 14.2 Å². The average molecular weight is 293 g/mol. The lowest BCUT2D eigenvalue weighted by molar-refractivity contribution is -0.0699. The van der Waals surface area contributed by atoms with Crippen molar-refractivity contribution in [3.8, 4) is 11.5 Å². The van der Waals surface area contributed by atoms with Crippen LogP contribution in [0.2, 0.25) is 0 Å². The van der Waals surface area contributed by atoms with Crippen molar-refractivity contribution < 1.29 is 14.2 Å². The Morgan fingerprint density at radius 1 is 1.05 bits per heavy atom. The minimum atomic E-state index is 0.300. The second-order valence-electron chi connectivity index (χ2n) is 5.66. The zero-order chi connectivity index (χ0) is 15.1. The van der Waals surface area contributed by atoms with Crippen LogP contribution in [0.15, 0.2) is 24.3 Å². The first kappa shape index (κ1) is 16.1. The van der Waals surface area contributed by atoms with E-state index < -0.39 is 0 Å². The molecule has 0 amide bonds. The lowest BCUT2D eigenvalue weighted by Crippen LogP contribution is -2.46.